The first kappa shape index (κ1) is 12.2. The van der Waals surface area contributed by atoms with E-state index >= 15 is 0 Å². The summed E-state index contributed by atoms with van der Waals surface area (Å²) in [5.74, 6) is 0.270. The summed E-state index contributed by atoms with van der Waals surface area (Å²) in [6.07, 6.45) is 3.20. The highest BCUT2D eigenvalue weighted by atomic mass is 79.9. The van der Waals surface area contributed by atoms with Crippen molar-refractivity contribution in [1.29, 1.82) is 0 Å². The fourth-order valence-corrected chi connectivity index (χ4v) is 2.95. The van der Waals surface area contributed by atoms with Crippen molar-refractivity contribution in [3.8, 4) is 0 Å². The van der Waals surface area contributed by atoms with Gasteiger partial charge in [0.25, 0.3) is 0 Å². The van der Waals surface area contributed by atoms with Crippen LogP contribution in [0.25, 0.3) is 0 Å². The molecule has 0 amide bonds. The highest BCUT2D eigenvalue weighted by molar-refractivity contribution is 9.10. The maximum absolute atomic E-state index is 10.6. The number of thioether (sulfide) groups is 1. The van der Waals surface area contributed by atoms with Crippen molar-refractivity contribution >= 4 is 47.4 Å². The van der Waals surface area contributed by atoms with Gasteiger partial charge in [-0.25, -0.2) is 18.4 Å². The van der Waals surface area contributed by atoms with Crippen molar-refractivity contribution < 1.29 is 8.42 Å². The number of rotatable bonds is 4. The first-order valence-electron chi connectivity index (χ1n) is 3.50. The first-order valence-corrected chi connectivity index (χ1v) is 7.76. The van der Waals surface area contributed by atoms with E-state index in [0.717, 1.165) is 4.47 Å². The minimum atomic E-state index is -3.42. The molecular weight excluding hydrogens is 312 g/mol. The molecule has 0 atom stereocenters. The van der Waals surface area contributed by atoms with Gasteiger partial charge in [-0.15, -0.1) is 0 Å². The van der Waals surface area contributed by atoms with Crippen LogP contribution >= 0.6 is 38.4 Å². The predicted octanol–water partition coefficient (Wildman–Crippen LogP) is 1.90. The Kier molecular flexibility index (Phi) is 4.62. The largest absolute Gasteiger partial charge is 0.233 e. The zero-order valence-electron chi connectivity index (χ0n) is 6.85. The molecule has 0 aliphatic heterocycles. The smallest absolute Gasteiger partial charge is 0.230 e. The first-order chi connectivity index (χ1) is 6.47. The lowest BCUT2D eigenvalue weighted by Gasteiger charge is -1.97. The van der Waals surface area contributed by atoms with Crippen molar-refractivity contribution in [3.63, 3.8) is 0 Å². The third kappa shape index (κ3) is 5.14. The fourth-order valence-electron chi connectivity index (χ4n) is 0.607. The van der Waals surface area contributed by atoms with Gasteiger partial charge in [-0.05, 0) is 15.9 Å². The minimum Gasteiger partial charge on any atom is -0.230 e. The summed E-state index contributed by atoms with van der Waals surface area (Å²) >= 11 is 4.44. The molecule has 4 nitrogen and oxygen atoms in total. The van der Waals surface area contributed by atoms with Crippen LogP contribution in [0.15, 0.2) is 22.0 Å². The van der Waals surface area contributed by atoms with Crippen molar-refractivity contribution in [1.82, 2.24) is 9.97 Å². The Morgan fingerprint density at radius 3 is 2.50 bits per heavy atom. The van der Waals surface area contributed by atoms with Gasteiger partial charge in [-0.3, -0.25) is 0 Å². The zero-order valence-corrected chi connectivity index (χ0v) is 10.8. The summed E-state index contributed by atoms with van der Waals surface area (Å²) in [6, 6.07) is 0. The van der Waals surface area contributed by atoms with Crippen molar-refractivity contribution in [2.24, 2.45) is 0 Å². The van der Waals surface area contributed by atoms with Crippen LogP contribution in [0.2, 0.25) is 0 Å². The molecule has 0 N–H and O–H groups in total. The molecule has 78 valence electrons. The quantitative estimate of drug-likeness (QED) is 0.482. The van der Waals surface area contributed by atoms with Crippen molar-refractivity contribution in [3.05, 3.63) is 16.9 Å². The molecule has 1 aromatic rings. The molecule has 14 heavy (non-hydrogen) atoms. The molecule has 0 aromatic carbocycles. The van der Waals surface area contributed by atoms with Crippen LogP contribution in [-0.4, -0.2) is 29.9 Å². The lowest BCUT2D eigenvalue weighted by Crippen LogP contribution is -2.00. The molecule has 1 rings (SSSR count). The number of hydrogen-bond acceptors (Lipinski definition) is 5. The highest BCUT2D eigenvalue weighted by Crippen LogP contribution is 2.15. The Hall–Kier alpha value is 0.150. The maximum Gasteiger partial charge on any atom is 0.233 e. The van der Waals surface area contributed by atoms with E-state index in [1.54, 1.807) is 12.4 Å². The van der Waals surface area contributed by atoms with Gasteiger partial charge >= 0.3 is 0 Å². The van der Waals surface area contributed by atoms with E-state index in [0.29, 0.717) is 10.9 Å². The monoisotopic (exact) mass is 316 g/mol. The predicted molar refractivity (Wildman–Crippen MR) is 60.1 cm³/mol. The molecule has 0 radical (unpaired) electrons. The van der Waals surface area contributed by atoms with Crippen LogP contribution < -0.4 is 0 Å². The van der Waals surface area contributed by atoms with E-state index in [4.69, 9.17) is 10.7 Å². The molecule has 0 saturated heterocycles. The van der Waals surface area contributed by atoms with Gasteiger partial charge in [0.1, 0.15) is 0 Å². The Balaban J connectivity index is 2.43. The number of nitrogens with zero attached hydrogens (tertiary/aromatic N) is 2. The van der Waals surface area contributed by atoms with Crippen LogP contribution in [0.3, 0.4) is 0 Å². The molecule has 0 fully saturated rings. The lowest BCUT2D eigenvalue weighted by atomic mass is 10.7. The summed E-state index contributed by atoms with van der Waals surface area (Å²) in [4.78, 5) is 7.93. The number of halogens is 2. The Morgan fingerprint density at radius 1 is 1.43 bits per heavy atom. The van der Waals surface area contributed by atoms with Gasteiger partial charge in [0.15, 0.2) is 5.16 Å². The van der Waals surface area contributed by atoms with Gasteiger partial charge in [0, 0.05) is 28.8 Å². The summed E-state index contributed by atoms with van der Waals surface area (Å²) in [5.41, 5.74) is 0. The van der Waals surface area contributed by atoms with Crippen LogP contribution in [0.5, 0.6) is 0 Å². The van der Waals surface area contributed by atoms with Gasteiger partial charge in [0.2, 0.25) is 9.05 Å². The molecule has 0 spiro atoms. The normalized spacial score (nSPS) is 11.6. The standard InChI is InChI=1S/C6H6BrClN2O2S2/c7-5-3-9-6(10-4-5)13-1-2-14(8,11)12/h3-4H,1-2H2. The van der Waals surface area contributed by atoms with Gasteiger partial charge in [-0.2, -0.15) is 0 Å². The van der Waals surface area contributed by atoms with Crippen LogP contribution in [0.1, 0.15) is 0 Å². The second-order valence-corrected chi connectivity index (χ2v) is 7.15. The fraction of sp³-hybridized carbons (Fsp3) is 0.333. The molecule has 0 aliphatic rings. The molecule has 0 saturated carbocycles. The van der Waals surface area contributed by atoms with E-state index in [-0.39, 0.29) is 5.75 Å². The maximum atomic E-state index is 10.6. The Bertz CT molecular complexity index is 395. The van der Waals surface area contributed by atoms with Crippen molar-refractivity contribution in [2.75, 3.05) is 11.5 Å². The highest BCUT2D eigenvalue weighted by Gasteiger charge is 2.05. The Labute approximate surface area is 99.0 Å². The van der Waals surface area contributed by atoms with Crippen molar-refractivity contribution in [2.45, 2.75) is 5.16 Å². The molecule has 0 unspecified atom stereocenters. The molecule has 8 heteroatoms. The van der Waals surface area contributed by atoms with Gasteiger partial charge in [-0.1, -0.05) is 11.8 Å². The summed E-state index contributed by atoms with van der Waals surface area (Å²) in [7, 11) is 1.62. The molecule has 0 bridgehead atoms. The van der Waals surface area contributed by atoms with E-state index < -0.39 is 9.05 Å². The van der Waals surface area contributed by atoms with Crippen LogP contribution in [0.4, 0.5) is 0 Å². The third-order valence-electron chi connectivity index (χ3n) is 1.15. The minimum absolute atomic E-state index is 0.0847. The van der Waals surface area contributed by atoms with E-state index in [1.807, 2.05) is 0 Å². The lowest BCUT2D eigenvalue weighted by molar-refractivity contribution is 0.611. The molecule has 0 aliphatic carbocycles. The zero-order chi connectivity index (χ0) is 10.6. The van der Waals surface area contributed by atoms with Gasteiger partial charge < -0.3 is 0 Å². The van der Waals surface area contributed by atoms with E-state index in [9.17, 15) is 8.42 Å². The Morgan fingerprint density at radius 2 is 2.00 bits per heavy atom. The molecule has 1 heterocycles. The summed E-state index contributed by atoms with van der Waals surface area (Å²) < 4.78 is 21.9. The van der Waals surface area contributed by atoms with Crippen LogP contribution in [0, 0.1) is 0 Å². The SMILES string of the molecule is O=S(=O)(Cl)CCSc1ncc(Br)cn1. The topological polar surface area (TPSA) is 59.9 Å². The average Bonchev–Trinajstić information content (AvgIpc) is 2.06. The van der Waals surface area contributed by atoms with Gasteiger partial charge in [0.05, 0.1) is 10.2 Å². The second kappa shape index (κ2) is 5.29. The average molecular weight is 318 g/mol. The molecular formula is C6H6BrClN2O2S2. The molecule has 1 aromatic heterocycles. The number of hydrogen-bond donors (Lipinski definition) is 0. The van der Waals surface area contributed by atoms with E-state index in [1.165, 1.54) is 11.8 Å². The summed E-state index contributed by atoms with van der Waals surface area (Å²) in [6.45, 7) is 0. The van der Waals surface area contributed by atoms with Crippen LogP contribution in [-0.2, 0) is 9.05 Å². The summed E-state index contributed by atoms with van der Waals surface area (Å²) in [5, 5.41) is 0.536. The second-order valence-electron chi connectivity index (χ2n) is 2.28. The number of aromatic nitrogens is 2. The third-order valence-corrected chi connectivity index (χ3v) is 3.85. The van der Waals surface area contributed by atoms with E-state index in [2.05, 4.69) is 25.9 Å².